The van der Waals surface area contributed by atoms with E-state index in [9.17, 15) is 4.79 Å². The van der Waals surface area contributed by atoms with E-state index < -0.39 is 10.4 Å². The molecule has 6 nitrogen and oxygen atoms in total. The average molecular weight is 277 g/mol. The van der Waals surface area contributed by atoms with Gasteiger partial charge < -0.3 is 10.1 Å². The lowest BCUT2D eigenvalue weighted by molar-refractivity contribution is -0.139. The summed E-state index contributed by atoms with van der Waals surface area (Å²) in [6.45, 7) is 4.69. The molecule has 1 rings (SSSR count). The van der Waals surface area contributed by atoms with E-state index in [4.69, 9.17) is 27.9 Å². The van der Waals surface area contributed by atoms with Crippen LogP contribution in [0.25, 0.3) is 0 Å². The van der Waals surface area contributed by atoms with Crippen molar-refractivity contribution in [1.29, 1.82) is 0 Å². The quantitative estimate of drug-likeness (QED) is 0.380. The van der Waals surface area contributed by atoms with Gasteiger partial charge in [0, 0.05) is 11.6 Å². The molecule has 1 aromatic rings. The van der Waals surface area contributed by atoms with Crippen molar-refractivity contribution < 1.29 is 9.53 Å². The Bertz CT molecular complexity index is 411. The highest BCUT2D eigenvalue weighted by Crippen LogP contribution is 2.22. The van der Waals surface area contributed by atoms with Crippen molar-refractivity contribution in [1.82, 2.24) is 15.4 Å². The molecule has 1 heterocycles. The summed E-state index contributed by atoms with van der Waals surface area (Å²) in [5.41, 5.74) is 0.262. The zero-order valence-corrected chi connectivity index (χ0v) is 10.5. The monoisotopic (exact) mass is 276 g/mol. The fraction of sp³-hybridized carbons (Fsp3) is 0.333. The Balaban J connectivity index is 2.52. The normalized spacial score (nSPS) is 10.8. The predicted octanol–water partition coefficient (Wildman–Crippen LogP) is 1.53. The molecule has 0 fully saturated rings. The van der Waals surface area contributed by atoms with Gasteiger partial charge in [0.15, 0.2) is 5.82 Å². The summed E-state index contributed by atoms with van der Waals surface area (Å²) >= 11 is 11.8. The van der Waals surface area contributed by atoms with Crippen molar-refractivity contribution in [3.05, 3.63) is 24.4 Å². The van der Waals surface area contributed by atoms with E-state index in [2.05, 4.69) is 27.3 Å². The Morgan fingerprint density at radius 1 is 1.65 bits per heavy atom. The number of alkyl halides is 2. The van der Waals surface area contributed by atoms with E-state index >= 15 is 0 Å². The average Bonchev–Trinajstić information content (AvgIpc) is 2.26. The van der Waals surface area contributed by atoms with Gasteiger partial charge in [-0.3, -0.25) is 0 Å². The number of esters is 1. The molecule has 0 spiro atoms. The Morgan fingerprint density at radius 2 is 2.35 bits per heavy atom. The second-order valence-corrected chi connectivity index (χ2v) is 4.68. The third-order valence-corrected chi connectivity index (χ3v) is 1.95. The molecule has 1 N–H and O–H groups in total. The van der Waals surface area contributed by atoms with Crippen LogP contribution in [-0.4, -0.2) is 32.4 Å². The minimum absolute atomic E-state index is 0.258. The third kappa shape index (κ3) is 4.97. The molecule has 0 atom stereocenters. The van der Waals surface area contributed by atoms with Crippen molar-refractivity contribution in [2.24, 2.45) is 0 Å². The smallest absolute Gasteiger partial charge is 0.333 e. The summed E-state index contributed by atoms with van der Waals surface area (Å²) in [5, 5.41) is 13.1. The van der Waals surface area contributed by atoms with E-state index in [1.807, 2.05) is 0 Å². The Kier molecular flexibility index (Phi) is 4.65. The molecule has 0 saturated heterocycles. The topological polar surface area (TPSA) is 77.0 Å². The van der Waals surface area contributed by atoms with Gasteiger partial charge in [-0.1, -0.05) is 29.8 Å². The number of nitrogens with one attached hydrogen (secondary N) is 1. The summed E-state index contributed by atoms with van der Waals surface area (Å²) in [4.78, 5) is 11.1. The minimum atomic E-state index is -1.50. The van der Waals surface area contributed by atoms with Crippen LogP contribution >= 0.6 is 23.2 Å². The highest BCUT2D eigenvalue weighted by Gasteiger charge is 2.26. The Morgan fingerprint density at radius 3 is 2.88 bits per heavy atom. The zero-order valence-electron chi connectivity index (χ0n) is 8.98. The van der Waals surface area contributed by atoms with E-state index in [1.165, 1.54) is 19.2 Å². The van der Waals surface area contributed by atoms with Crippen LogP contribution in [-0.2, 0) is 9.53 Å². The van der Waals surface area contributed by atoms with Gasteiger partial charge >= 0.3 is 5.97 Å². The fourth-order valence-electron chi connectivity index (χ4n) is 0.811. The lowest BCUT2D eigenvalue weighted by Crippen LogP contribution is -2.32. The number of nitrogens with zero attached hydrogens (tertiary/aromatic N) is 3. The molecule has 92 valence electrons. The van der Waals surface area contributed by atoms with Crippen LogP contribution in [0.5, 0.6) is 0 Å². The number of hydrogen-bond donors (Lipinski definition) is 1. The number of carbonyl (C=O) groups is 1. The van der Waals surface area contributed by atoms with Gasteiger partial charge in [0.2, 0.25) is 4.46 Å². The minimum Gasteiger partial charge on any atom is -0.457 e. The van der Waals surface area contributed by atoms with E-state index in [0.717, 1.165) is 0 Å². The lowest BCUT2D eigenvalue weighted by Gasteiger charge is -2.20. The fourth-order valence-corrected chi connectivity index (χ4v) is 1.11. The van der Waals surface area contributed by atoms with Crippen LogP contribution in [0.3, 0.4) is 0 Å². The number of hydrogen-bond acceptors (Lipinski definition) is 6. The molecule has 8 heteroatoms. The second kappa shape index (κ2) is 5.79. The molecule has 0 aliphatic rings. The molecular formula is C9H10Cl2N4O2. The summed E-state index contributed by atoms with van der Waals surface area (Å²) < 4.78 is 3.31. The molecule has 0 amide bonds. The number of rotatable bonds is 5. The van der Waals surface area contributed by atoms with Crippen LogP contribution in [0.15, 0.2) is 24.4 Å². The molecule has 0 aliphatic heterocycles. The van der Waals surface area contributed by atoms with Crippen LogP contribution in [0.4, 0.5) is 5.82 Å². The first kappa shape index (κ1) is 13.7. The van der Waals surface area contributed by atoms with Gasteiger partial charge in [0.1, 0.15) is 6.61 Å². The highest BCUT2D eigenvalue weighted by molar-refractivity contribution is 6.49. The van der Waals surface area contributed by atoms with E-state index in [1.54, 1.807) is 0 Å². The van der Waals surface area contributed by atoms with Crippen molar-refractivity contribution in [3.8, 4) is 0 Å². The van der Waals surface area contributed by atoms with E-state index in [-0.39, 0.29) is 12.2 Å². The number of anilines is 1. The lowest BCUT2D eigenvalue weighted by atomic mass is 10.4. The van der Waals surface area contributed by atoms with Gasteiger partial charge in [-0.25, -0.2) is 4.79 Å². The summed E-state index contributed by atoms with van der Waals surface area (Å²) in [6, 6.07) is 1.52. The maximum absolute atomic E-state index is 11.1. The molecule has 17 heavy (non-hydrogen) atoms. The Labute approximate surface area is 108 Å². The van der Waals surface area contributed by atoms with Crippen LogP contribution in [0.2, 0.25) is 0 Å². The molecule has 1 aromatic heterocycles. The van der Waals surface area contributed by atoms with Crippen molar-refractivity contribution in [3.63, 3.8) is 0 Å². The Hall–Kier alpha value is -1.40. The summed E-state index contributed by atoms with van der Waals surface area (Å²) in [5.74, 6) is -0.255. The molecule has 0 bridgehead atoms. The summed E-state index contributed by atoms with van der Waals surface area (Å²) in [6.07, 6.45) is 1.42. The third-order valence-electron chi connectivity index (χ3n) is 1.55. The standard InChI is InChI=1S/C9H10Cl2N4O2/c1-6(2)8(16)17-5-9(10,11)13-7-3-4-12-15-14-7/h3-4H,1,5H2,2H3,(H,12,13,14). The van der Waals surface area contributed by atoms with E-state index in [0.29, 0.717) is 5.82 Å². The first-order chi connectivity index (χ1) is 7.91. The van der Waals surface area contributed by atoms with Gasteiger partial charge in [-0.2, -0.15) is 0 Å². The molecular weight excluding hydrogens is 267 g/mol. The molecule has 0 radical (unpaired) electrons. The largest absolute Gasteiger partial charge is 0.457 e. The molecule has 0 aromatic carbocycles. The molecule has 0 aliphatic carbocycles. The maximum Gasteiger partial charge on any atom is 0.333 e. The van der Waals surface area contributed by atoms with Gasteiger partial charge in [-0.05, 0) is 12.1 Å². The molecule has 0 saturated carbocycles. The van der Waals surface area contributed by atoms with Gasteiger partial charge in [0.25, 0.3) is 0 Å². The van der Waals surface area contributed by atoms with Gasteiger partial charge in [-0.15, -0.1) is 10.2 Å². The number of aromatic nitrogens is 3. The summed E-state index contributed by atoms with van der Waals surface area (Å²) in [7, 11) is 0. The first-order valence-corrected chi connectivity index (χ1v) is 5.29. The molecule has 0 unspecified atom stereocenters. The predicted molar refractivity (Wildman–Crippen MR) is 63.7 cm³/mol. The van der Waals surface area contributed by atoms with Crippen molar-refractivity contribution >= 4 is 35.0 Å². The van der Waals surface area contributed by atoms with Crippen LogP contribution in [0, 0.1) is 0 Å². The number of ether oxygens (including phenoxy) is 1. The zero-order chi connectivity index (χ0) is 12.9. The van der Waals surface area contributed by atoms with Crippen molar-refractivity contribution in [2.75, 3.05) is 11.9 Å². The van der Waals surface area contributed by atoms with Gasteiger partial charge in [0.05, 0.1) is 6.20 Å². The van der Waals surface area contributed by atoms with Crippen LogP contribution < -0.4 is 5.32 Å². The SMILES string of the molecule is C=C(C)C(=O)OCC(Cl)(Cl)Nc1ccnnn1. The number of carbonyl (C=O) groups excluding carboxylic acids is 1. The first-order valence-electron chi connectivity index (χ1n) is 4.54. The maximum atomic E-state index is 11.1. The van der Waals surface area contributed by atoms with Crippen molar-refractivity contribution in [2.45, 2.75) is 11.4 Å². The van der Waals surface area contributed by atoms with Crippen LogP contribution in [0.1, 0.15) is 6.92 Å². The number of halogens is 2. The highest BCUT2D eigenvalue weighted by atomic mass is 35.5. The second-order valence-electron chi connectivity index (χ2n) is 3.19.